The van der Waals surface area contributed by atoms with E-state index in [0.717, 1.165) is 42.3 Å². The van der Waals surface area contributed by atoms with Crippen molar-refractivity contribution in [1.82, 2.24) is 25.1 Å². The molecule has 0 atom stereocenters. The van der Waals surface area contributed by atoms with Gasteiger partial charge < -0.3 is 10.6 Å². The van der Waals surface area contributed by atoms with E-state index in [2.05, 4.69) is 38.4 Å². The molecule has 0 spiro atoms. The highest BCUT2D eigenvalue weighted by Gasteiger charge is 2.08. The average Bonchev–Trinajstić information content (AvgIpc) is 2.99. The van der Waals surface area contributed by atoms with Crippen LogP contribution in [0.4, 0.5) is 0 Å². The molecule has 0 aliphatic heterocycles. The van der Waals surface area contributed by atoms with Crippen molar-refractivity contribution < 1.29 is 8.42 Å². The van der Waals surface area contributed by atoms with Gasteiger partial charge in [0.25, 0.3) is 0 Å². The molecule has 0 aliphatic rings. The van der Waals surface area contributed by atoms with Crippen molar-refractivity contribution in [3.63, 3.8) is 0 Å². The van der Waals surface area contributed by atoms with E-state index in [1.54, 1.807) is 7.05 Å². The Bertz CT molecular complexity index is 888. The zero-order chi connectivity index (χ0) is 20.6. The molecular weight excluding hydrogens is 376 g/mol. The smallest absolute Gasteiger partial charge is 0.215 e. The lowest BCUT2D eigenvalue weighted by Gasteiger charge is -2.12. The molecule has 28 heavy (non-hydrogen) atoms. The Morgan fingerprint density at radius 2 is 1.82 bits per heavy atom. The lowest BCUT2D eigenvalue weighted by Crippen LogP contribution is -2.37. The van der Waals surface area contributed by atoms with Crippen LogP contribution in [0.5, 0.6) is 0 Å². The lowest BCUT2D eigenvalue weighted by molar-refractivity contribution is 0.555. The highest BCUT2D eigenvalue weighted by atomic mass is 32.2. The van der Waals surface area contributed by atoms with Gasteiger partial charge in [-0.1, -0.05) is 24.3 Å². The summed E-state index contributed by atoms with van der Waals surface area (Å²) in [5, 5.41) is 11.0. The third kappa shape index (κ3) is 6.97. The highest BCUT2D eigenvalue weighted by molar-refractivity contribution is 7.88. The first-order valence-corrected chi connectivity index (χ1v) is 10.9. The van der Waals surface area contributed by atoms with Crippen molar-refractivity contribution in [3.8, 4) is 0 Å². The first-order valence-electron chi connectivity index (χ1n) is 9.27. The molecule has 0 saturated heterocycles. The van der Waals surface area contributed by atoms with Crippen LogP contribution in [0.15, 0.2) is 35.3 Å². The zero-order valence-electron chi connectivity index (χ0n) is 17.0. The molecular formula is C19H30N6O2S. The monoisotopic (exact) mass is 406 g/mol. The molecule has 9 heteroatoms. The molecule has 3 N–H and O–H groups in total. The fraction of sp³-hybridized carbons (Fsp3) is 0.474. The number of nitrogens with one attached hydrogen (secondary N) is 3. The standard InChI is InChI=1S/C19H30N6O2S/c1-15-12-16(2)25(24-15)11-5-10-22-19(20-3)23-13-17-6-8-18(9-7-17)14-28(26,27)21-4/h6-9,12,21H,5,10-11,13-14H2,1-4H3,(H2,20,22,23). The van der Waals surface area contributed by atoms with Crippen LogP contribution in [0.3, 0.4) is 0 Å². The Kier molecular flexibility index (Phi) is 8.01. The summed E-state index contributed by atoms with van der Waals surface area (Å²) >= 11 is 0. The quantitative estimate of drug-likeness (QED) is 0.331. The van der Waals surface area contributed by atoms with Crippen molar-refractivity contribution >= 4 is 16.0 Å². The van der Waals surface area contributed by atoms with E-state index in [-0.39, 0.29) is 5.75 Å². The van der Waals surface area contributed by atoms with Gasteiger partial charge in [0.1, 0.15) is 0 Å². The number of guanidine groups is 1. The average molecular weight is 407 g/mol. The number of aryl methyl sites for hydroxylation is 3. The fourth-order valence-corrected chi connectivity index (χ4v) is 3.56. The minimum absolute atomic E-state index is 0.0182. The van der Waals surface area contributed by atoms with Crippen LogP contribution in [0.25, 0.3) is 0 Å². The summed E-state index contributed by atoms with van der Waals surface area (Å²) < 4.78 is 27.5. The Morgan fingerprint density at radius 1 is 1.14 bits per heavy atom. The van der Waals surface area contributed by atoms with E-state index in [1.807, 2.05) is 35.9 Å². The van der Waals surface area contributed by atoms with Gasteiger partial charge in [-0.25, -0.2) is 13.1 Å². The molecule has 1 aromatic heterocycles. The van der Waals surface area contributed by atoms with Gasteiger partial charge in [0, 0.05) is 32.4 Å². The number of aromatic nitrogens is 2. The molecule has 0 unspecified atom stereocenters. The zero-order valence-corrected chi connectivity index (χ0v) is 17.8. The molecule has 2 aromatic rings. The molecule has 2 rings (SSSR count). The summed E-state index contributed by atoms with van der Waals surface area (Å²) in [7, 11) is -0.0921. The third-order valence-corrected chi connectivity index (χ3v) is 5.65. The molecule has 0 aliphatic carbocycles. The number of nitrogens with zero attached hydrogens (tertiary/aromatic N) is 3. The maximum absolute atomic E-state index is 11.6. The fourth-order valence-electron chi connectivity index (χ4n) is 2.79. The number of rotatable bonds is 9. The lowest BCUT2D eigenvalue weighted by atomic mass is 10.1. The van der Waals surface area contributed by atoms with Crippen molar-refractivity contribution in [2.75, 3.05) is 20.6 Å². The largest absolute Gasteiger partial charge is 0.356 e. The van der Waals surface area contributed by atoms with Crippen molar-refractivity contribution in [2.24, 2.45) is 4.99 Å². The van der Waals surface area contributed by atoms with Crippen LogP contribution in [0.1, 0.15) is 28.9 Å². The minimum atomic E-state index is -3.25. The van der Waals surface area contributed by atoms with Crippen molar-refractivity contribution in [3.05, 3.63) is 52.8 Å². The van der Waals surface area contributed by atoms with Crippen LogP contribution >= 0.6 is 0 Å². The maximum Gasteiger partial charge on any atom is 0.215 e. The number of aliphatic imine (C=N–C) groups is 1. The van der Waals surface area contributed by atoms with Crippen LogP contribution < -0.4 is 15.4 Å². The normalized spacial score (nSPS) is 12.2. The van der Waals surface area contributed by atoms with Gasteiger partial charge in [-0.15, -0.1) is 0 Å². The molecule has 0 fully saturated rings. The molecule has 1 aromatic carbocycles. The van der Waals surface area contributed by atoms with Crippen LogP contribution in [-0.2, 0) is 28.9 Å². The number of hydrogen-bond acceptors (Lipinski definition) is 4. The summed E-state index contributed by atoms with van der Waals surface area (Å²) in [5.41, 5.74) is 4.02. The van der Waals surface area contributed by atoms with Crippen LogP contribution in [0, 0.1) is 13.8 Å². The Morgan fingerprint density at radius 3 is 2.39 bits per heavy atom. The molecule has 1 heterocycles. The van der Waals surface area contributed by atoms with Crippen molar-refractivity contribution in [2.45, 2.75) is 39.1 Å². The summed E-state index contributed by atoms with van der Waals surface area (Å²) in [5.74, 6) is 0.714. The summed E-state index contributed by atoms with van der Waals surface area (Å²) in [4.78, 5) is 4.23. The van der Waals surface area contributed by atoms with Gasteiger partial charge in [0.05, 0.1) is 11.4 Å². The SMILES string of the molecule is CN=C(NCCCn1nc(C)cc1C)NCc1ccc(CS(=O)(=O)NC)cc1. The number of benzene rings is 1. The van der Waals surface area contributed by atoms with E-state index in [9.17, 15) is 8.42 Å². The topological polar surface area (TPSA) is 100 Å². The predicted octanol–water partition coefficient (Wildman–Crippen LogP) is 1.30. The molecule has 0 bridgehead atoms. The van der Waals surface area contributed by atoms with Gasteiger partial charge in [-0.3, -0.25) is 9.67 Å². The van der Waals surface area contributed by atoms with Gasteiger partial charge in [-0.2, -0.15) is 5.10 Å². The van der Waals surface area contributed by atoms with Crippen molar-refractivity contribution in [1.29, 1.82) is 0 Å². The summed E-state index contributed by atoms with van der Waals surface area (Å²) in [6.07, 6.45) is 0.942. The first-order chi connectivity index (χ1) is 13.3. The van der Waals surface area contributed by atoms with Gasteiger partial charge in [0.15, 0.2) is 5.96 Å². The summed E-state index contributed by atoms with van der Waals surface area (Å²) in [6.45, 7) is 6.32. The second kappa shape index (κ2) is 10.2. The number of hydrogen-bond donors (Lipinski definition) is 3. The Labute approximate surface area is 167 Å². The third-order valence-electron chi connectivity index (χ3n) is 4.32. The summed E-state index contributed by atoms with van der Waals surface area (Å²) in [6, 6.07) is 9.58. The van der Waals surface area contributed by atoms with E-state index in [1.165, 1.54) is 12.7 Å². The molecule has 0 saturated carbocycles. The van der Waals surface area contributed by atoms with Gasteiger partial charge >= 0.3 is 0 Å². The van der Waals surface area contributed by atoms with Crippen LogP contribution in [0.2, 0.25) is 0 Å². The predicted molar refractivity (Wildman–Crippen MR) is 113 cm³/mol. The molecule has 8 nitrogen and oxygen atoms in total. The van der Waals surface area contributed by atoms with Crippen LogP contribution in [-0.4, -0.2) is 44.8 Å². The second-order valence-corrected chi connectivity index (χ2v) is 8.56. The molecule has 154 valence electrons. The Hall–Kier alpha value is -2.39. The maximum atomic E-state index is 11.6. The minimum Gasteiger partial charge on any atom is -0.356 e. The van der Waals surface area contributed by atoms with E-state index in [0.29, 0.717) is 6.54 Å². The van der Waals surface area contributed by atoms with Gasteiger partial charge in [0.2, 0.25) is 10.0 Å². The van der Waals surface area contributed by atoms with E-state index < -0.39 is 10.0 Å². The highest BCUT2D eigenvalue weighted by Crippen LogP contribution is 2.07. The van der Waals surface area contributed by atoms with E-state index in [4.69, 9.17) is 0 Å². The van der Waals surface area contributed by atoms with Gasteiger partial charge in [-0.05, 0) is 44.5 Å². The second-order valence-electron chi connectivity index (χ2n) is 6.64. The number of sulfonamides is 1. The van der Waals surface area contributed by atoms with E-state index >= 15 is 0 Å². The molecule has 0 amide bonds. The Balaban J connectivity index is 1.75. The molecule has 0 radical (unpaired) electrons. The first kappa shape index (κ1) is 21.9.